The van der Waals surface area contributed by atoms with Crippen LogP contribution < -0.4 is 16.2 Å². The summed E-state index contributed by atoms with van der Waals surface area (Å²) >= 11 is 0. The standard InChI is InChI=1S/C12H19N7O2/c1-8-10(19(20)21)11(15-12(14-8)16-13)18-6-5-17-4-2-3-9(17)7-18/h9H,2-7,13H2,1H3,(H,14,15,16). The van der Waals surface area contributed by atoms with E-state index in [-0.39, 0.29) is 11.6 Å². The summed E-state index contributed by atoms with van der Waals surface area (Å²) < 4.78 is 0. The monoisotopic (exact) mass is 293 g/mol. The van der Waals surface area contributed by atoms with Gasteiger partial charge in [0.1, 0.15) is 5.69 Å². The van der Waals surface area contributed by atoms with Crippen LogP contribution in [0.15, 0.2) is 0 Å². The maximum atomic E-state index is 11.3. The van der Waals surface area contributed by atoms with Crippen LogP contribution in [0.25, 0.3) is 0 Å². The van der Waals surface area contributed by atoms with Crippen molar-refractivity contribution in [2.45, 2.75) is 25.8 Å². The Morgan fingerprint density at radius 2 is 2.19 bits per heavy atom. The molecular formula is C12H19N7O2. The average molecular weight is 293 g/mol. The number of nitro groups is 1. The molecule has 0 saturated carbocycles. The van der Waals surface area contributed by atoms with Crippen LogP contribution in [0.2, 0.25) is 0 Å². The predicted molar refractivity (Wildman–Crippen MR) is 78.0 cm³/mol. The maximum Gasteiger partial charge on any atom is 0.332 e. The van der Waals surface area contributed by atoms with E-state index in [9.17, 15) is 10.1 Å². The van der Waals surface area contributed by atoms with Crippen LogP contribution >= 0.6 is 0 Å². The fraction of sp³-hybridized carbons (Fsp3) is 0.667. The van der Waals surface area contributed by atoms with Crippen molar-refractivity contribution in [2.75, 3.05) is 36.5 Å². The van der Waals surface area contributed by atoms with Gasteiger partial charge in [-0.25, -0.2) is 10.8 Å². The molecule has 3 rings (SSSR count). The van der Waals surface area contributed by atoms with Crippen LogP contribution in [0.4, 0.5) is 17.5 Å². The van der Waals surface area contributed by atoms with Gasteiger partial charge in [0.05, 0.1) is 4.92 Å². The molecule has 3 N–H and O–H groups in total. The van der Waals surface area contributed by atoms with Crippen molar-refractivity contribution in [3.63, 3.8) is 0 Å². The van der Waals surface area contributed by atoms with Gasteiger partial charge in [-0.15, -0.1) is 0 Å². The summed E-state index contributed by atoms with van der Waals surface area (Å²) in [6, 6.07) is 0.461. The Kier molecular flexibility index (Phi) is 3.60. The summed E-state index contributed by atoms with van der Waals surface area (Å²) in [7, 11) is 0. The summed E-state index contributed by atoms with van der Waals surface area (Å²) in [4.78, 5) is 23.6. The van der Waals surface area contributed by atoms with Crippen LogP contribution in [-0.2, 0) is 0 Å². The summed E-state index contributed by atoms with van der Waals surface area (Å²) in [5, 5.41) is 11.3. The first kappa shape index (κ1) is 14.0. The number of hydrogen-bond acceptors (Lipinski definition) is 8. The van der Waals surface area contributed by atoms with Crippen molar-refractivity contribution in [1.29, 1.82) is 0 Å². The van der Waals surface area contributed by atoms with Crippen molar-refractivity contribution >= 4 is 17.5 Å². The summed E-state index contributed by atoms with van der Waals surface area (Å²) in [5.41, 5.74) is 2.68. The Morgan fingerprint density at radius 3 is 2.90 bits per heavy atom. The molecule has 2 aliphatic heterocycles. The molecule has 9 heteroatoms. The van der Waals surface area contributed by atoms with E-state index in [0.717, 1.165) is 32.6 Å². The number of hydrazine groups is 1. The second-order valence-electron chi connectivity index (χ2n) is 5.48. The zero-order valence-corrected chi connectivity index (χ0v) is 11.9. The van der Waals surface area contributed by atoms with Crippen molar-refractivity contribution in [2.24, 2.45) is 5.84 Å². The predicted octanol–water partition coefficient (Wildman–Crippen LogP) is 0.263. The molecule has 1 unspecified atom stereocenters. The zero-order valence-electron chi connectivity index (χ0n) is 11.9. The SMILES string of the molecule is Cc1nc(NN)nc(N2CCN3CCCC3C2)c1[N+](=O)[O-]. The van der Waals surface area contributed by atoms with E-state index >= 15 is 0 Å². The van der Waals surface area contributed by atoms with E-state index in [1.165, 1.54) is 6.42 Å². The van der Waals surface area contributed by atoms with Gasteiger partial charge in [-0.05, 0) is 26.3 Å². The fourth-order valence-corrected chi connectivity index (χ4v) is 3.23. The molecule has 9 nitrogen and oxygen atoms in total. The lowest BCUT2D eigenvalue weighted by atomic mass is 10.1. The highest BCUT2D eigenvalue weighted by molar-refractivity contribution is 5.62. The number of nitrogens with two attached hydrogens (primary N) is 1. The lowest BCUT2D eigenvalue weighted by Crippen LogP contribution is -2.50. The third-order valence-corrected chi connectivity index (χ3v) is 4.24. The second-order valence-corrected chi connectivity index (χ2v) is 5.48. The molecule has 2 aliphatic rings. The smallest absolute Gasteiger partial charge is 0.332 e. The molecule has 0 aliphatic carbocycles. The molecule has 0 amide bonds. The van der Waals surface area contributed by atoms with Gasteiger partial charge in [-0.3, -0.25) is 20.4 Å². The molecular weight excluding hydrogens is 274 g/mol. The van der Waals surface area contributed by atoms with E-state index in [2.05, 4.69) is 20.3 Å². The van der Waals surface area contributed by atoms with Gasteiger partial charge in [-0.2, -0.15) is 4.98 Å². The quantitative estimate of drug-likeness (QED) is 0.463. The molecule has 2 saturated heterocycles. The van der Waals surface area contributed by atoms with Crippen molar-refractivity contribution in [1.82, 2.24) is 14.9 Å². The van der Waals surface area contributed by atoms with E-state index in [4.69, 9.17) is 5.84 Å². The fourth-order valence-electron chi connectivity index (χ4n) is 3.23. The molecule has 0 bridgehead atoms. The molecule has 1 aromatic rings. The summed E-state index contributed by atoms with van der Waals surface area (Å²) in [6.45, 7) is 5.14. The van der Waals surface area contributed by atoms with Gasteiger partial charge in [0.25, 0.3) is 0 Å². The van der Waals surface area contributed by atoms with Crippen molar-refractivity contribution < 1.29 is 4.92 Å². The van der Waals surface area contributed by atoms with Crippen LogP contribution in [0, 0.1) is 17.0 Å². The number of hydrogen-bond donors (Lipinski definition) is 2. The van der Waals surface area contributed by atoms with Gasteiger partial charge in [0, 0.05) is 25.7 Å². The topological polar surface area (TPSA) is 113 Å². The number of nitrogen functional groups attached to an aromatic ring is 1. The highest BCUT2D eigenvalue weighted by atomic mass is 16.6. The third-order valence-electron chi connectivity index (χ3n) is 4.24. The minimum atomic E-state index is -0.411. The van der Waals surface area contributed by atoms with Gasteiger partial charge in [-0.1, -0.05) is 0 Å². The van der Waals surface area contributed by atoms with Crippen molar-refractivity contribution in [3.8, 4) is 0 Å². The molecule has 0 radical (unpaired) electrons. The lowest BCUT2D eigenvalue weighted by Gasteiger charge is -2.37. The normalized spacial score (nSPS) is 22.2. The number of aromatic nitrogens is 2. The lowest BCUT2D eigenvalue weighted by molar-refractivity contribution is -0.385. The molecule has 3 heterocycles. The number of anilines is 2. The number of nitrogens with one attached hydrogen (secondary N) is 1. The van der Waals surface area contributed by atoms with Gasteiger partial charge in [0.2, 0.25) is 11.8 Å². The number of fused-ring (bicyclic) bond motifs is 1. The van der Waals surface area contributed by atoms with Crippen molar-refractivity contribution in [3.05, 3.63) is 15.8 Å². The molecule has 1 atom stereocenters. The summed E-state index contributed by atoms with van der Waals surface area (Å²) in [6.07, 6.45) is 2.33. The zero-order chi connectivity index (χ0) is 15.0. The van der Waals surface area contributed by atoms with Gasteiger partial charge >= 0.3 is 5.69 Å². The third kappa shape index (κ3) is 2.49. The van der Waals surface area contributed by atoms with Crippen LogP contribution in [0.3, 0.4) is 0 Å². The number of rotatable bonds is 3. The van der Waals surface area contributed by atoms with E-state index in [1.807, 2.05) is 4.90 Å². The highest BCUT2D eigenvalue weighted by Crippen LogP contribution is 2.32. The van der Waals surface area contributed by atoms with E-state index < -0.39 is 4.92 Å². The Balaban J connectivity index is 1.96. The van der Waals surface area contributed by atoms with E-state index in [0.29, 0.717) is 17.6 Å². The Labute approximate surface area is 122 Å². The van der Waals surface area contributed by atoms with E-state index in [1.54, 1.807) is 6.92 Å². The molecule has 0 spiro atoms. The molecule has 0 aromatic carbocycles. The molecule has 2 fully saturated rings. The van der Waals surface area contributed by atoms with Crippen LogP contribution in [0.1, 0.15) is 18.5 Å². The number of nitrogens with zero attached hydrogens (tertiary/aromatic N) is 5. The molecule has 114 valence electrons. The first-order valence-electron chi connectivity index (χ1n) is 7.09. The van der Waals surface area contributed by atoms with Gasteiger partial charge < -0.3 is 4.90 Å². The number of aryl methyl sites for hydroxylation is 1. The Hall–Kier alpha value is -2.00. The molecule has 1 aromatic heterocycles. The Bertz CT molecular complexity index is 565. The highest BCUT2D eigenvalue weighted by Gasteiger charge is 2.34. The second kappa shape index (κ2) is 5.41. The minimum Gasteiger partial charge on any atom is -0.348 e. The molecule has 21 heavy (non-hydrogen) atoms. The first-order valence-corrected chi connectivity index (χ1v) is 7.09. The van der Waals surface area contributed by atoms with Crippen LogP contribution in [-0.4, -0.2) is 52.0 Å². The number of piperazine rings is 1. The van der Waals surface area contributed by atoms with Gasteiger partial charge in [0.15, 0.2) is 0 Å². The average Bonchev–Trinajstić information content (AvgIpc) is 2.93. The largest absolute Gasteiger partial charge is 0.348 e. The van der Waals surface area contributed by atoms with Crippen LogP contribution in [0.5, 0.6) is 0 Å². The minimum absolute atomic E-state index is 0.0274. The summed E-state index contributed by atoms with van der Waals surface area (Å²) in [5.74, 6) is 5.93. The maximum absolute atomic E-state index is 11.3. The first-order chi connectivity index (χ1) is 10.1. The Morgan fingerprint density at radius 1 is 1.38 bits per heavy atom.